The third-order valence-corrected chi connectivity index (χ3v) is 2.52. The molecule has 0 N–H and O–H groups in total. The lowest BCUT2D eigenvalue weighted by Gasteiger charge is -2.10. The van der Waals surface area contributed by atoms with E-state index in [4.69, 9.17) is 5.26 Å². The molecule has 0 aliphatic rings. The van der Waals surface area contributed by atoms with Crippen LogP contribution in [-0.2, 0) is 0 Å². The summed E-state index contributed by atoms with van der Waals surface area (Å²) in [5, 5.41) is 8.54. The Labute approximate surface area is 102 Å². The lowest BCUT2D eigenvalue weighted by atomic mass is 9.95. The van der Waals surface area contributed by atoms with Gasteiger partial charge in [0.05, 0.1) is 6.07 Å². The number of nitriles is 1. The van der Waals surface area contributed by atoms with Crippen molar-refractivity contribution in [2.75, 3.05) is 0 Å². The Morgan fingerprint density at radius 1 is 1.44 bits per heavy atom. The number of hydrogen-bond donors (Lipinski definition) is 0. The fourth-order valence-electron chi connectivity index (χ4n) is 1.50. The molecule has 0 bridgehead atoms. The van der Waals surface area contributed by atoms with E-state index in [1.165, 1.54) is 19.3 Å². The van der Waals surface area contributed by atoms with Gasteiger partial charge in [0.1, 0.15) is 0 Å². The SMILES string of the molecule is C=CCC(CC)CCC/C=C(\C)C#N.CC. The lowest BCUT2D eigenvalue weighted by Crippen LogP contribution is -1.96. The third-order valence-electron chi connectivity index (χ3n) is 2.52. The normalized spacial score (nSPS) is 12.1. The van der Waals surface area contributed by atoms with Crippen LogP contribution < -0.4 is 0 Å². The first-order valence-corrected chi connectivity index (χ1v) is 6.42. The van der Waals surface area contributed by atoms with Crippen LogP contribution in [0.3, 0.4) is 0 Å². The van der Waals surface area contributed by atoms with Gasteiger partial charge in [-0.25, -0.2) is 0 Å². The van der Waals surface area contributed by atoms with Crippen LogP contribution in [0, 0.1) is 17.2 Å². The third kappa shape index (κ3) is 11.0. The highest BCUT2D eigenvalue weighted by Gasteiger charge is 2.02. The number of unbranched alkanes of at least 4 members (excludes halogenated alkanes) is 1. The molecule has 0 amide bonds. The molecular formula is C15H27N. The summed E-state index contributed by atoms with van der Waals surface area (Å²) in [7, 11) is 0. The first-order valence-electron chi connectivity index (χ1n) is 6.42. The molecule has 16 heavy (non-hydrogen) atoms. The van der Waals surface area contributed by atoms with Crippen LogP contribution in [0.4, 0.5) is 0 Å². The van der Waals surface area contributed by atoms with E-state index in [-0.39, 0.29) is 0 Å². The van der Waals surface area contributed by atoms with Crippen LogP contribution in [-0.4, -0.2) is 0 Å². The monoisotopic (exact) mass is 221 g/mol. The van der Waals surface area contributed by atoms with E-state index in [0.717, 1.165) is 24.3 Å². The van der Waals surface area contributed by atoms with E-state index in [0.29, 0.717) is 0 Å². The van der Waals surface area contributed by atoms with Crippen LogP contribution in [0.2, 0.25) is 0 Å². The molecule has 0 aliphatic carbocycles. The van der Waals surface area contributed by atoms with Gasteiger partial charge in [0.15, 0.2) is 0 Å². The predicted octanol–water partition coefficient (Wildman–Crippen LogP) is 5.26. The topological polar surface area (TPSA) is 23.8 Å². The van der Waals surface area contributed by atoms with Gasteiger partial charge < -0.3 is 0 Å². The Morgan fingerprint density at radius 2 is 2.06 bits per heavy atom. The summed E-state index contributed by atoms with van der Waals surface area (Å²) >= 11 is 0. The molecule has 0 fully saturated rings. The minimum atomic E-state index is 0.781. The second-order valence-electron chi connectivity index (χ2n) is 3.73. The molecule has 0 radical (unpaired) electrons. The van der Waals surface area contributed by atoms with Crippen molar-refractivity contribution in [2.45, 2.75) is 59.8 Å². The fraction of sp³-hybridized carbons (Fsp3) is 0.667. The highest BCUT2D eigenvalue weighted by Crippen LogP contribution is 2.17. The van der Waals surface area contributed by atoms with Crippen molar-refractivity contribution < 1.29 is 0 Å². The largest absolute Gasteiger partial charge is 0.193 e. The zero-order valence-electron chi connectivity index (χ0n) is 11.4. The van der Waals surface area contributed by atoms with E-state index < -0.39 is 0 Å². The standard InChI is InChI=1S/C13H21N.C2H6/c1-4-8-13(5-2)10-7-6-9-12(3)11-14;1-2/h4,9,13H,1,5-8,10H2,2-3H3;1-2H3/b12-9+;. The highest BCUT2D eigenvalue weighted by atomic mass is 14.2. The minimum Gasteiger partial charge on any atom is -0.193 e. The van der Waals surface area contributed by atoms with Crippen molar-refractivity contribution in [2.24, 2.45) is 5.92 Å². The van der Waals surface area contributed by atoms with E-state index in [2.05, 4.69) is 19.6 Å². The average molecular weight is 221 g/mol. The summed E-state index contributed by atoms with van der Waals surface area (Å²) in [6.45, 7) is 11.9. The predicted molar refractivity (Wildman–Crippen MR) is 73.2 cm³/mol. The first kappa shape index (κ1) is 17.4. The zero-order chi connectivity index (χ0) is 12.8. The summed E-state index contributed by atoms with van der Waals surface area (Å²) in [5.41, 5.74) is 0.835. The van der Waals surface area contributed by atoms with E-state index in [9.17, 15) is 0 Å². The molecule has 1 heteroatoms. The van der Waals surface area contributed by atoms with Crippen LogP contribution in [0.1, 0.15) is 59.8 Å². The lowest BCUT2D eigenvalue weighted by molar-refractivity contribution is 0.462. The molecule has 0 aromatic rings. The Bertz CT molecular complexity index is 220. The van der Waals surface area contributed by atoms with Crippen molar-refractivity contribution in [3.63, 3.8) is 0 Å². The molecule has 1 unspecified atom stereocenters. The van der Waals surface area contributed by atoms with Gasteiger partial charge in [-0.3, -0.25) is 0 Å². The van der Waals surface area contributed by atoms with Gasteiger partial charge in [-0.2, -0.15) is 5.26 Å². The van der Waals surface area contributed by atoms with E-state index in [1.54, 1.807) is 0 Å². The maximum absolute atomic E-state index is 8.54. The number of rotatable bonds is 7. The number of allylic oxidation sites excluding steroid dienone is 3. The van der Waals surface area contributed by atoms with Gasteiger partial charge >= 0.3 is 0 Å². The van der Waals surface area contributed by atoms with Crippen LogP contribution >= 0.6 is 0 Å². The van der Waals surface area contributed by atoms with Gasteiger partial charge in [0.2, 0.25) is 0 Å². The van der Waals surface area contributed by atoms with Crippen molar-refractivity contribution in [3.05, 3.63) is 24.3 Å². The summed E-state index contributed by atoms with van der Waals surface area (Å²) in [5.74, 6) is 0.781. The Morgan fingerprint density at radius 3 is 2.50 bits per heavy atom. The second kappa shape index (κ2) is 14.0. The zero-order valence-corrected chi connectivity index (χ0v) is 11.4. The summed E-state index contributed by atoms with van der Waals surface area (Å²) in [6, 6.07) is 2.14. The number of hydrogen-bond acceptors (Lipinski definition) is 1. The van der Waals surface area contributed by atoms with Crippen LogP contribution in [0.5, 0.6) is 0 Å². The summed E-state index contributed by atoms with van der Waals surface area (Å²) in [6.07, 6.45) is 9.85. The molecule has 1 nitrogen and oxygen atoms in total. The molecule has 0 saturated heterocycles. The molecule has 0 spiro atoms. The quantitative estimate of drug-likeness (QED) is 0.327. The Kier molecular flexibility index (Phi) is 15.2. The maximum Gasteiger partial charge on any atom is 0.0940 e. The molecule has 0 aliphatic heterocycles. The first-order chi connectivity index (χ1) is 7.74. The van der Waals surface area contributed by atoms with Gasteiger partial charge in [-0.1, -0.05) is 39.3 Å². The molecule has 92 valence electrons. The molecule has 0 heterocycles. The molecule has 0 aromatic carbocycles. The summed E-state index contributed by atoms with van der Waals surface area (Å²) < 4.78 is 0. The van der Waals surface area contributed by atoms with E-state index in [1.807, 2.05) is 32.9 Å². The average Bonchev–Trinajstić information content (AvgIpc) is 2.35. The highest BCUT2D eigenvalue weighted by molar-refractivity contribution is 5.16. The molecule has 0 aromatic heterocycles. The van der Waals surface area contributed by atoms with Crippen molar-refractivity contribution in [3.8, 4) is 6.07 Å². The molecular weight excluding hydrogens is 194 g/mol. The molecule has 1 atom stereocenters. The Balaban J connectivity index is 0. The Hall–Kier alpha value is -1.03. The van der Waals surface area contributed by atoms with Crippen molar-refractivity contribution in [1.82, 2.24) is 0 Å². The van der Waals surface area contributed by atoms with Crippen molar-refractivity contribution >= 4 is 0 Å². The molecule has 0 saturated carbocycles. The van der Waals surface area contributed by atoms with Crippen molar-refractivity contribution in [1.29, 1.82) is 5.26 Å². The van der Waals surface area contributed by atoms with Gasteiger partial charge in [0.25, 0.3) is 0 Å². The van der Waals surface area contributed by atoms with E-state index >= 15 is 0 Å². The van der Waals surface area contributed by atoms with Gasteiger partial charge in [-0.05, 0) is 38.5 Å². The fourth-order valence-corrected chi connectivity index (χ4v) is 1.50. The summed E-state index contributed by atoms with van der Waals surface area (Å²) in [4.78, 5) is 0. The smallest absolute Gasteiger partial charge is 0.0940 e. The van der Waals surface area contributed by atoms with Gasteiger partial charge in [-0.15, -0.1) is 6.58 Å². The van der Waals surface area contributed by atoms with Crippen LogP contribution in [0.25, 0.3) is 0 Å². The van der Waals surface area contributed by atoms with Gasteiger partial charge in [0, 0.05) is 5.57 Å². The minimum absolute atomic E-state index is 0.781. The maximum atomic E-state index is 8.54. The molecule has 0 rings (SSSR count). The van der Waals surface area contributed by atoms with Crippen LogP contribution in [0.15, 0.2) is 24.3 Å². The second-order valence-corrected chi connectivity index (χ2v) is 3.73. The number of nitrogens with zero attached hydrogens (tertiary/aromatic N) is 1.